The van der Waals surface area contributed by atoms with Crippen LogP contribution in [0.2, 0.25) is 0 Å². The largest absolute Gasteiger partial charge is 0.358 e. The fourth-order valence-electron chi connectivity index (χ4n) is 2.14. The zero-order valence-corrected chi connectivity index (χ0v) is 13.1. The number of likely N-dealkylation sites (N-methyl/N-ethyl adjacent to an activating group) is 1. The van der Waals surface area contributed by atoms with E-state index >= 15 is 0 Å². The fourth-order valence-corrected chi connectivity index (χ4v) is 2.14. The lowest BCUT2D eigenvalue weighted by Gasteiger charge is -2.32. The number of likely N-dealkylation sites (tertiary alicyclic amines) is 1. The normalized spacial score (nSPS) is 17.8. The molecule has 6 heteroatoms. The van der Waals surface area contributed by atoms with Crippen molar-refractivity contribution < 1.29 is 9.59 Å². The van der Waals surface area contributed by atoms with Crippen LogP contribution in [-0.4, -0.2) is 61.5 Å². The Hall–Kier alpha value is -1.14. The van der Waals surface area contributed by atoms with Crippen molar-refractivity contribution in [2.45, 2.75) is 45.2 Å². The van der Waals surface area contributed by atoms with E-state index in [9.17, 15) is 9.59 Å². The van der Waals surface area contributed by atoms with Gasteiger partial charge in [-0.3, -0.25) is 14.5 Å². The van der Waals surface area contributed by atoms with E-state index in [0.717, 1.165) is 25.9 Å². The molecular weight excluding hydrogens is 256 g/mol. The third kappa shape index (κ3) is 6.86. The Kier molecular flexibility index (Phi) is 6.42. The lowest BCUT2D eigenvalue weighted by atomic mass is 10.0. The van der Waals surface area contributed by atoms with Crippen LogP contribution in [0.4, 0.5) is 0 Å². The van der Waals surface area contributed by atoms with Gasteiger partial charge in [0.15, 0.2) is 0 Å². The molecule has 1 saturated heterocycles. The molecule has 0 aromatic heterocycles. The molecule has 116 valence electrons. The molecule has 1 rings (SSSR count). The van der Waals surface area contributed by atoms with Gasteiger partial charge in [0.05, 0.1) is 13.1 Å². The minimum absolute atomic E-state index is 0.0434. The van der Waals surface area contributed by atoms with Gasteiger partial charge in [0, 0.05) is 31.7 Å². The molecule has 20 heavy (non-hydrogen) atoms. The first-order valence-corrected chi connectivity index (χ1v) is 7.27. The van der Waals surface area contributed by atoms with E-state index in [1.54, 1.807) is 7.05 Å². The first-order valence-electron chi connectivity index (χ1n) is 7.27. The summed E-state index contributed by atoms with van der Waals surface area (Å²) in [6.45, 7) is 8.62. The van der Waals surface area contributed by atoms with Crippen LogP contribution in [-0.2, 0) is 9.59 Å². The molecule has 1 fully saturated rings. The lowest BCUT2D eigenvalue weighted by Crippen LogP contribution is -2.50. The van der Waals surface area contributed by atoms with E-state index in [-0.39, 0.29) is 23.4 Å². The molecule has 3 N–H and O–H groups in total. The van der Waals surface area contributed by atoms with Gasteiger partial charge in [-0.1, -0.05) is 0 Å². The molecule has 0 spiro atoms. The Morgan fingerprint density at radius 1 is 1.15 bits per heavy atom. The molecule has 1 aliphatic rings. The van der Waals surface area contributed by atoms with Crippen LogP contribution >= 0.6 is 0 Å². The van der Waals surface area contributed by atoms with Crippen LogP contribution in [0.1, 0.15) is 33.6 Å². The van der Waals surface area contributed by atoms with Crippen LogP contribution in [0.25, 0.3) is 0 Å². The molecule has 6 nitrogen and oxygen atoms in total. The van der Waals surface area contributed by atoms with E-state index in [1.807, 2.05) is 20.8 Å². The number of amides is 2. The highest BCUT2D eigenvalue weighted by molar-refractivity contribution is 5.78. The molecule has 2 amide bonds. The Morgan fingerprint density at radius 2 is 1.75 bits per heavy atom. The molecule has 0 aromatic rings. The van der Waals surface area contributed by atoms with Crippen molar-refractivity contribution in [1.82, 2.24) is 20.9 Å². The summed E-state index contributed by atoms with van der Waals surface area (Å²) in [5.74, 6) is 0.0894. The van der Waals surface area contributed by atoms with Gasteiger partial charge in [-0.25, -0.2) is 0 Å². The van der Waals surface area contributed by atoms with Gasteiger partial charge in [0.25, 0.3) is 0 Å². The van der Waals surface area contributed by atoms with Gasteiger partial charge in [0.1, 0.15) is 0 Å². The minimum Gasteiger partial charge on any atom is -0.358 e. The lowest BCUT2D eigenvalue weighted by molar-refractivity contribution is -0.123. The Labute approximate surface area is 121 Å². The standard InChI is InChI=1S/C14H28N4O2/c1-14(2,3)16-9-12(19)17-11-5-7-18(8-6-11)10-13(20)15-4/h11,16H,5-10H2,1-4H3,(H,15,20)(H,17,19). The van der Waals surface area contributed by atoms with Gasteiger partial charge in [-0.05, 0) is 33.6 Å². The Morgan fingerprint density at radius 3 is 2.25 bits per heavy atom. The summed E-state index contributed by atoms with van der Waals surface area (Å²) in [6, 6.07) is 0.227. The highest BCUT2D eigenvalue weighted by atomic mass is 16.2. The number of nitrogens with zero attached hydrogens (tertiary/aromatic N) is 1. The third-order valence-corrected chi connectivity index (χ3v) is 3.38. The molecule has 1 heterocycles. The quantitative estimate of drug-likeness (QED) is 0.648. The van der Waals surface area contributed by atoms with E-state index in [2.05, 4.69) is 20.9 Å². The average Bonchev–Trinajstić information content (AvgIpc) is 2.38. The predicted octanol–water partition coefficient (Wildman–Crippen LogP) is -0.299. The zero-order chi connectivity index (χ0) is 15.2. The maximum absolute atomic E-state index is 11.8. The number of hydrogen-bond acceptors (Lipinski definition) is 4. The molecular formula is C14H28N4O2. The maximum atomic E-state index is 11.8. The van der Waals surface area contributed by atoms with E-state index < -0.39 is 0 Å². The monoisotopic (exact) mass is 284 g/mol. The van der Waals surface area contributed by atoms with Crippen molar-refractivity contribution >= 4 is 11.8 Å². The second-order valence-corrected chi connectivity index (χ2v) is 6.39. The smallest absolute Gasteiger partial charge is 0.234 e. The van der Waals surface area contributed by atoms with E-state index in [1.165, 1.54) is 0 Å². The third-order valence-electron chi connectivity index (χ3n) is 3.38. The van der Waals surface area contributed by atoms with Crippen molar-refractivity contribution in [3.05, 3.63) is 0 Å². The minimum atomic E-state index is -0.0474. The van der Waals surface area contributed by atoms with Crippen LogP contribution in [0.3, 0.4) is 0 Å². The number of carbonyl (C=O) groups excluding carboxylic acids is 2. The van der Waals surface area contributed by atoms with Crippen molar-refractivity contribution in [3.63, 3.8) is 0 Å². The SMILES string of the molecule is CNC(=O)CN1CCC(NC(=O)CNC(C)(C)C)CC1. The van der Waals surface area contributed by atoms with Crippen molar-refractivity contribution in [2.75, 3.05) is 33.2 Å². The highest BCUT2D eigenvalue weighted by Crippen LogP contribution is 2.09. The molecule has 0 unspecified atom stereocenters. The summed E-state index contributed by atoms with van der Waals surface area (Å²) >= 11 is 0. The first kappa shape index (κ1) is 16.9. The van der Waals surface area contributed by atoms with Crippen molar-refractivity contribution in [3.8, 4) is 0 Å². The van der Waals surface area contributed by atoms with E-state index in [0.29, 0.717) is 13.1 Å². The molecule has 0 aliphatic carbocycles. The number of rotatable bonds is 5. The highest BCUT2D eigenvalue weighted by Gasteiger charge is 2.22. The second-order valence-electron chi connectivity index (χ2n) is 6.39. The fraction of sp³-hybridized carbons (Fsp3) is 0.857. The molecule has 0 saturated carbocycles. The second kappa shape index (κ2) is 7.59. The van der Waals surface area contributed by atoms with E-state index in [4.69, 9.17) is 0 Å². The van der Waals surface area contributed by atoms with Gasteiger partial charge >= 0.3 is 0 Å². The van der Waals surface area contributed by atoms with Crippen molar-refractivity contribution in [2.24, 2.45) is 0 Å². The maximum Gasteiger partial charge on any atom is 0.234 e. The number of carbonyl (C=O) groups is 2. The van der Waals surface area contributed by atoms with Crippen LogP contribution < -0.4 is 16.0 Å². The summed E-state index contributed by atoms with van der Waals surface area (Å²) in [4.78, 5) is 25.2. The molecule has 0 radical (unpaired) electrons. The number of hydrogen-bond donors (Lipinski definition) is 3. The van der Waals surface area contributed by atoms with Gasteiger partial charge in [-0.15, -0.1) is 0 Å². The van der Waals surface area contributed by atoms with Crippen LogP contribution in [0.5, 0.6) is 0 Å². The predicted molar refractivity (Wildman–Crippen MR) is 79.4 cm³/mol. The van der Waals surface area contributed by atoms with Crippen molar-refractivity contribution in [1.29, 1.82) is 0 Å². The molecule has 0 bridgehead atoms. The average molecular weight is 284 g/mol. The van der Waals surface area contributed by atoms with Crippen LogP contribution in [0, 0.1) is 0 Å². The summed E-state index contributed by atoms with van der Waals surface area (Å²) < 4.78 is 0. The Balaban J connectivity index is 2.22. The molecule has 0 aromatic carbocycles. The van der Waals surface area contributed by atoms with Gasteiger partial charge in [0.2, 0.25) is 11.8 Å². The summed E-state index contributed by atoms with van der Waals surface area (Å²) in [5, 5.41) is 8.86. The molecule has 1 aliphatic heterocycles. The van der Waals surface area contributed by atoms with Crippen LogP contribution in [0.15, 0.2) is 0 Å². The number of piperidine rings is 1. The summed E-state index contributed by atoms with van der Waals surface area (Å²) in [7, 11) is 1.65. The Bertz CT molecular complexity index is 331. The first-order chi connectivity index (χ1) is 9.30. The van der Waals surface area contributed by atoms with Gasteiger partial charge in [-0.2, -0.15) is 0 Å². The topological polar surface area (TPSA) is 73.5 Å². The van der Waals surface area contributed by atoms with Gasteiger partial charge < -0.3 is 16.0 Å². The summed E-state index contributed by atoms with van der Waals surface area (Å²) in [5.41, 5.74) is -0.0474. The molecule has 0 atom stereocenters. The zero-order valence-electron chi connectivity index (χ0n) is 13.1. The number of nitrogens with one attached hydrogen (secondary N) is 3. The summed E-state index contributed by atoms with van der Waals surface area (Å²) in [6.07, 6.45) is 1.80.